The molecule has 0 radical (unpaired) electrons. The number of aromatic nitrogens is 2. The predicted molar refractivity (Wildman–Crippen MR) is 71.5 cm³/mol. The third-order valence-electron chi connectivity index (χ3n) is 3.37. The summed E-state index contributed by atoms with van der Waals surface area (Å²) < 4.78 is 5.80. The molecule has 3 rings (SSSR count). The second-order valence-electron chi connectivity index (χ2n) is 4.76. The third-order valence-corrected chi connectivity index (χ3v) is 3.37. The Morgan fingerprint density at radius 1 is 1.05 bits per heavy atom. The molecule has 1 aromatic heterocycles. The minimum absolute atomic E-state index is 0.192. The van der Waals surface area contributed by atoms with Crippen molar-refractivity contribution in [3.8, 4) is 17.4 Å². The van der Waals surface area contributed by atoms with Crippen LogP contribution in [0.3, 0.4) is 0 Å². The van der Waals surface area contributed by atoms with Crippen LogP contribution in [-0.2, 0) is 12.8 Å². The maximum absolute atomic E-state index is 9.46. The molecule has 0 atom stereocenters. The maximum atomic E-state index is 9.46. The van der Waals surface area contributed by atoms with E-state index in [1.807, 2.05) is 6.07 Å². The summed E-state index contributed by atoms with van der Waals surface area (Å²) in [5.74, 6) is 1.42. The van der Waals surface area contributed by atoms with Gasteiger partial charge < -0.3 is 9.84 Å². The molecule has 1 N–H and O–H groups in total. The summed E-state index contributed by atoms with van der Waals surface area (Å²) in [6.07, 6.45) is 7.06. The van der Waals surface area contributed by atoms with Crippen molar-refractivity contribution >= 4 is 0 Å². The summed E-state index contributed by atoms with van der Waals surface area (Å²) in [5, 5.41) is 9.46. The van der Waals surface area contributed by atoms with Gasteiger partial charge in [0, 0.05) is 11.6 Å². The molecule has 1 aromatic carbocycles. The molecular formula is C15H16N2O2. The number of rotatable bonds is 2. The van der Waals surface area contributed by atoms with E-state index in [-0.39, 0.29) is 5.75 Å². The van der Waals surface area contributed by atoms with Gasteiger partial charge in [-0.1, -0.05) is 12.5 Å². The first kappa shape index (κ1) is 12.0. The number of ether oxygens (including phenoxy) is 1. The van der Waals surface area contributed by atoms with Crippen LogP contribution in [0.4, 0.5) is 0 Å². The molecule has 4 nitrogen and oxygen atoms in total. The van der Waals surface area contributed by atoms with E-state index in [4.69, 9.17) is 4.74 Å². The van der Waals surface area contributed by atoms with Gasteiger partial charge in [-0.05, 0) is 37.8 Å². The van der Waals surface area contributed by atoms with Gasteiger partial charge in [-0.15, -0.1) is 0 Å². The Kier molecular flexibility index (Phi) is 3.31. The second-order valence-corrected chi connectivity index (χ2v) is 4.76. The van der Waals surface area contributed by atoms with Crippen molar-refractivity contribution in [1.82, 2.24) is 9.97 Å². The summed E-state index contributed by atoms with van der Waals surface area (Å²) in [7, 11) is 0. The van der Waals surface area contributed by atoms with Crippen LogP contribution < -0.4 is 4.74 Å². The van der Waals surface area contributed by atoms with Crippen LogP contribution in [0.15, 0.2) is 30.6 Å². The molecule has 0 saturated carbocycles. The largest absolute Gasteiger partial charge is 0.508 e. The smallest absolute Gasteiger partial charge is 0.225 e. The lowest BCUT2D eigenvalue weighted by Gasteiger charge is -2.11. The Balaban J connectivity index is 1.93. The van der Waals surface area contributed by atoms with E-state index in [0.717, 1.165) is 30.5 Å². The van der Waals surface area contributed by atoms with Crippen LogP contribution in [0.25, 0.3) is 0 Å². The second kappa shape index (κ2) is 5.26. The zero-order valence-corrected chi connectivity index (χ0v) is 10.7. The minimum Gasteiger partial charge on any atom is -0.508 e. The lowest BCUT2D eigenvalue weighted by atomic mass is 10.1. The van der Waals surface area contributed by atoms with Crippen molar-refractivity contribution in [1.29, 1.82) is 0 Å². The van der Waals surface area contributed by atoms with E-state index >= 15 is 0 Å². The van der Waals surface area contributed by atoms with E-state index in [0.29, 0.717) is 11.6 Å². The van der Waals surface area contributed by atoms with E-state index in [1.54, 1.807) is 24.5 Å². The summed E-state index contributed by atoms with van der Waals surface area (Å²) in [6.45, 7) is 0. The van der Waals surface area contributed by atoms with Gasteiger partial charge in [-0.3, -0.25) is 0 Å². The van der Waals surface area contributed by atoms with Gasteiger partial charge in [0.25, 0.3) is 0 Å². The van der Waals surface area contributed by atoms with E-state index < -0.39 is 0 Å². The van der Waals surface area contributed by atoms with E-state index in [9.17, 15) is 5.11 Å². The number of nitrogens with zero attached hydrogens (tertiary/aromatic N) is 2. The molecule has 19 heavy (non-hydrogen) atoms. The van der Waals surface area contributed by atoms with E-state index in [2.05, 4.69) is 9.97 Å². The molecule has 0 bridgehead atoms. The fourth-order valence-electron chi connectivity index (χ4n) is 2.41. The minimum atomic E-state index is 0.192. The summed E-state index contributed by atoms with van der Waals surface area (Å²) in [5.41, 5.74) is 2.21. The molecule has 0 saturated heterocycles. The maximum Gasteiger partial charge on any atom is 0.225 e. The van der Waals surface area contributed by atoms with Gasteiger partial charge in [0.05, 0.1) is 5.69 Å². The quantitative estimate of drug-likeness (QED) is 0.838. The number of hydrogen-bond acceptors (Lipinski definition) is 4. The first-order valence-corrected chi connectivity index (χ1v) is 6.62. The molecule has 0 unspecified atom stereocenters. The average Bonchev–Trinajstić information content (AvgIpc) is 2.65. The SMILES string of the molecule is Oc1cccc(Oc2ncnc3c2CCCCC3)c1. The first-order valence-electron chi connectivity index (χ1n) is 6.62. The highest BCUT2D eigenvalue weighted by Crippen LogP contribution is 2.30. The fraction of sp³-hybridized carbons (Fsp3) is 0.333. The average molecular weight is 256 g/mol. The highest BCUT2D eigenvalue weighted by Gasteiger charge is 2.15. The monoisotopic (exact) mass is 256 g/mol. The summed E-state index contributed by atoms with van der Waals surface area (Å²) >= 11 is 0. The van der Waals surface area contributed by atoms with Crippen molar-refractivity contribution in [2.75, 3.05) is 0 Å². The Morgan fingerprint density at radius 3 is 2.84 bits per heavy atom. The van der Waals surface area contributed by atoms with Crippen LogP contribution in [0, 0.1) is 0 Å². The predicted octanol–water partition coefficient (Wildman–Crippen LogP) is 3.24. The number of aryl methyl sites for hydroxylation is 1. The zero-order chi connectivity index (χ0) is 13.1. The van der Waals surface area contributed by atoms with Gasteiger partial charge in [0.2, 0.25) is 5.88 Å². The molecule has 4 heteroatoms. The number of phenolic OH excluding ortho intramolecular Hbond substituents is 1. The fourth-order valence-corrected chi connectivity index (χ4v) is 2.41. The number of aromatic hydroxyl groups is 1. The van der Waals surface area contributed by atoms with Crippen molar-refractivity contribution in [3.05, 3.63) is 41.9 Å². The molecule has 1 aliphatic carbocycles. The molecule has 0 spiro atoms. The highest BCUT2D eigenvalue weighted by atomic mass is 16.5. The van der Waals surface area contributed by atoms with Crippen LogP contribution >= 0.6 is 0 Å². The molecule has 98 valence electrons. The molecule has 0 fully saturated rings. The topological polar surface area (TPSA) is 55.2 Å². The van der Waals surface area contributed by atoms with Gasteiger partial charge in [0.1, 0.15) is 17.8 Å². The van der Waals surface area contributed by atoms with Gasteiger partial charge >= 0.3 is 0 Å². The molecule has 2 aromatic rings. The Morgan fingerprint density at radius 2 is 1.95 bits per heavy atom. The van der Waals surface area contributed by atoms with Crippen LogP contribution in [-0.4, -0.2) is 15.1 Å². The van der Waals surface area contributed by atoms with E-state index in [1.165, 1.54) is 12.8 Å². The normalized spacial score (nSPS) is 14.5. The van der Waals surface area contributed by atoms with Crippen molar-refractivity contribution in [3.63, 3.8) is 0 Å². The van der Waals surface area contributed by atoms with Crippen LogP contribution in [0.1, 0.15) is 30.5 Å². The van der Waals surface area contributed by atoms with Gasteiger partial charge in [-0.25, -0.2) is 9.97 Å². The Bertz CT molecular complexity index is 584. The van der Waals surface area contributed by atoms with Crippen molar-refractivity contribution in [2.45, 2.75) is 32.1 Å². The summed E-state index contributed by atoms with van der Waals surface area (Å²) in [6, 6.07) is 6.77. The van der Waals surface area contributed by atoms with Gasteiger partial charge in [-0.2, -0.15) is 0 Å². The Hall–Kier alpha value is -2.10. The molecule has 0 aliphatic heterocycles. The highest BCUT2D eigenvalue weighted by molar-refractivity contribution is 5.38. The number of fused-ring (bicyclic) bond motifs is 1. The standard InChI is InChI=1S/C15H16N2O2/c18-11-5-4-6-12(9-11)19-15-13-7-2-1-3-8-14(13)16-10-17-15/h4-6,9-10,18H,1-3,7-8H2. The zero-order valence-electron chi connectivity index (χ0n) is 10.7. The molecular weight excluding hydrogens is 240 g/mol. The van der Waals surface area contributed by atoms with Crippen molar-refractivity contribution < 1.29 is 9.84 Å². The number of benzene rings is 1. The number of hydrogen-bond donors (Lipinski definition) is 1. The van der Waals surface area contributed by atoms with Crippen LogP contribution in [0.5, 0.6) is 17.4 Å². The molecule has 1 heterocycles. The summed E-state index contributed by atoms with van der Waals surface area (Å²) in [4.78, 5) is 8.60. The number of phenols is 1. The molecule has 1 aliphatic rings. The lowest BCUT2D eigenvalue weighted by molar-refractivity contribution is 0.439. The van der Waals surface area contributed by atoms with Gasteiger partial charge in [0.15, 0.2) is 0 Å². The lowest BCUT2D eigenvalue weighted by Crippen LogP contribution is -2.01. The first-order chi connectivity index (χ1) is 9.33. The molecule has 0 amide bonds. The van der Waals surface area contributed by atoms with Crippen LogP contribution in [0.2, 0.25) is 0 Å². The third kappa shape index (κ3) is 2.67. The Labute approximate surface area is 112 Å². The van der Waals surface area contributed by atoms with Crippen molar-refractivity contribution in [2.24, 2.45) is 0 Å².